The Morgan fingerprint density at radius 1 is 1.26 bits per heavy atom. The zero-order chi connectivity index (χ0) is 13.7. The number of benzene rings is 1. The van der Waals surface area contributed by atoms with E-state index in [1.807, 2.05) is 12.1 Å². The highest BCUT2D eigenvalue weighted by Gasteiger charge is 2.08. The predicted molar refractivity (Wildman–Crippen MR) is 72.8 cm³/mol. The van der Waals surface area contributed by atoms with Crippen LogP contribution in [0.25, 0.3) is 0 Å². The fourth-order valence-electron chi connectivity index (χ4n) is 1.67. The second kappa shape index (κ2) is 5.86. The van der Waals surface area contributed by atoms with E-state index in [1.54, 1.807) is 24.4 Å². The Bertz CT molecular complexity index is 567. The molecular weight excluding hydrogens is 242 g/mol. The van der Waals surface area contributed by atoms with Gasteiger partial charge in [-0.2, -0.15) is 0 Å². The van der Waals surface area contributed by atoms with Crippen LogP contribution >= 0.6 is 0 Å². The van der Waals surface area contributed by atoms with Gasteiger partial charge in [0.2, 0.25) is 0 Å². The normalized spacial score (nSPS) is 10.1. The summed E-state index contributed by atoms with van der Waals surface area (Å²) in [4.78, 5) is 15.7. The monoisotopic (exact) mass is 257 g/mol. The van der Waals surface area contributed by atoms with Gasteiger partial charge < -0.3 is 16.2 Å². The number of carbonyl (C=O) groups excluding carboxylic acids is 1. The lowest BCUT2D eigenvalue weighted by Crippen LogP contribution is -2.26. The Balaban J connectivity index is 1.88. The Hall–Kier alpha value is -2.56. The molecule has 5 nitrogen and oxygen atoms in total. The van der Waals surface area contributed by atoms with Gasteiger partial charge in [0.15, 0.2) is 0 Å². The van der Waals surface area contributed by atoms with E-state index < -0.39 is 0 Å². The lowest BCUT2D eigenvalue weighted by molar-refractivity contribution is 0.0954. The van der Waals surface area contributed by atoms with Crippen molar-refractivity contribution in [2.24, 2.45) is 0 Å². The van der Waals surface area contributed by atoms with E-state index in [9.17, 15) is 4.79 Å². The van der Waals surface area contributed by atoms with Crippen LogP contribution in [0.3, 0.4) is 0 Å². The first kappa shape index (κ1) is 12.9. The summed E-state index contributed by atoms with van der Waals surface area (Å²) >= 11 is 0. The molecular formula is C14H15N3O2. The molecule has 0 aliphatic carbocycles. The maximum Gasteiger partial charge on any atom is 0.254 e. The molecule has 1 aromatic carbocycles. The van der Waals surface area contributed by atoms with Crippen molar-refractivity contribution < 1.29 is 9.90 Å². The SMILES string of the molecule is Nc1ccncc1C(=O)NCCc1ccc(O)cc1. The molecule has 2 aromatic rings. The van der Waals surface area contributed by atoms with Gasteiger partial charge in [0, 0.05) is 24.6 Å². The van der Waals surface area contributed by atoms with Crippen LogP contribution in [0.4, 0.5) is 5.69 Å². The Morgan fingerprint density at radius 2 is 2.00 bits per heavy atom. The van der Waals surface area contributed by atoms with E-state index in [0.717, 1.165) is 5.56 Å². The third-order valence-corrected chi connectivity index (χ3v) is 2.73. The summed E-state index contributed by atoms with van der Waals surface area (Å²) in [7, 11) is 0. The van der Waals surface area contributed by atoms with Crippen molar-refractivity contribution in [1.82, 2.24) is 10.3 Å². The number of pyridine rings is 1. The van der Waals surface area contributed by atoms with Crippen molar-refractivity contribution in [2.75, 3.05) is 12.3 Å². The molecule has 5 heteroatoms. The molecule has 1 heterocycles. The quantitative estimate of drug-likeness (QED) is 0.771. The summed E-state index contributed by atoms with van der Waals surface area (Å²) in [5, 5.41) is 11.9. The van der Waals surface area contributed by atoms with Crippen molar-refractivity contribution in [3.63, 3.8) is 0 Å². The van der Waals surface area contributed by atoms with Gasteiger partial charge >= 0.3 is 0 Å². The number of nitrogens with one attached hydrogen (secondary N) is 1. The zero-order valence-corrected chi connectivity index (χ0v) is 10.3. The number of hydrogen-bond acceptors (Lipinski definition) is 4. The van der Waals surface area contributed by atoms with E-state index in [0.29, 0.717) is 24.2 Å². The highest BCUT2D eigenvalue weighted by molar-refractivity contribution is 5.98. The lowest BCUT2D eigenvalue weighted by Gasteiger charge is -2.07. The number of aromatic hydroxyl groups is 1. The standard InChI is InChI=1S/C14H15N3O2/c15-13-6-7-16-9-12(13)14(19)17-8-5-10-1-3-11(18)4-2-10/h1-4,6-7,9,18H,5,8H2,(H2,15,16)(H,17,19). The molecule has 98 valence electrons. The Labute approximate surface area is 111 Å². The van der Waals surface area contributed by atoms with Crippen LogP contribution < -0.4 is 11.1 Å². The van der Waals surface area contributed by atoms with Crippen molar-refractivity contribution in [3.05, 3.63) is 53.9 Å². The van der Waals surface area contributed by atoms with Gasteiger partial charge in [-0.05, 0) is 30.2 Å². The second-order valence-electron chi connectivity index (χ2n) is 4.14. The predicted octanol–water partition coefficient (Wildman–Crippen LogP) is 1.34. The van der Waals surface area contributed by atoms with Crippen LogP contribution in [0.5, 0.6) is 5.75 Å². The molecule has 0 bridgehead atoms. The van der Waals surface area contributed by atoms with E-state index in [4.69, 9.17) is 10.8 Å². The van der Waals surface area contributed by atoms with Gasteiger partial charge in [-0.15, -0.1) is 0 Å². The average molecular weight is 257 g/mol. The molecule has 1 aromatic heterocycles. The van der Waals surface area contributed by atoms with Crippen LogP contribution in [0.15, 0.2) is 42.7 Å². The van der Waals surface area contributed by atoms with Crippen molar-refractivity contribution in [1.29, 1.82) is 0 Å². The van der Waals surface area contributed by atoms with Gasteiger partial charge in [-0.3, -0.25) is 9.78 Å². The summed E-state index contributed by atoms with van der Waals surface area (Å²) in [5.74, 6) is 0.000275. The topological polar surface area (TPSA) is 88.2 Å². The minimum absolute atomic E-state index is 0.232. The molecule has 0 spiro atoms. The second-order valence-corrected chi connectivity index (χ2v) is 4.14. The number of nitrogen functional groups attached to an aromatic ring is 1. The molecule has 2 rings (SSSR count). The number of nitrogens with two attached hydrogens (primary N) is 1. The highest BCUT2D eigenvalue weighted by Crippen LogP contribution is 2.10. The lowest BCUT2D eigenvalue weighted by atomic mass is 10.1. The summed E-state index contributed by atoms with van der Waals surface area (Å²) in [6, 6.07) is 8.47. The zero-order valence-electron chi connectivity index (χ0n) is 10.3. The van der Waals surface area contributed by atoms with Gasteiger partial charge in [-0.1, -0.05) is 12.1 Å². The van der Waals surface area contributed by atoms with Gasteiger partial charge in [0.05, 0.1) is 5.56 Å². The van der Waals surface area contributed by atoms with Crippen LogP contribution in [-0.4, -0.2) is 22.5 Å². The summed E-state index contributed by atoms with van der Waals surface area (Å²) < 4.78 is 0. The van der Waals surface area contributed by atoms with Crippen LogP contribution in [-0.2, 0) is 6.42 Å². The molecule has 0 atom stereocenters. The maximum atomic E-state index is 11.8. The molecule has 0 aliphatic rings. The molecule has 0 fully saturated rings. The van der Waals surface area contributed by atoms with Crippen molar-refractivity contribution in [3.8, 4) is 5.75 Å². The van der Waals surface area contributed by atoms with E-state index >= 15 is 0 Å². The third-order valence-electron chi connectivity index (χ3n) is 2.73. The average Bonchev–Trinajstić information content (AvgIpc) is 2.41. The number of phenols is 1. The van der Waals surface area contributed by atoms with E-state index in [1.165, 1.54) is 6.20 Å². The van der Waals surface area contributed by atoms with Crippen LogP contribution in [0.2, 0.25) is 0 Å². The fraction of sp³-hybridized carbons (Fsp3) is 0.143. The first-order valence-corrected chi connectivity index (χ1v) is 5.92. The largest absolute Gasteiger partial charge is 0.508 e. The van der Waals surface area contributed by atoms with Crippen LogP contribution in [0.1, 0.15) is 15.9 Å². The summed E-state index contributed by atoms with van der Waals surface area (Å²) in [6.45, 7) is 0.498. The van der Waals surface area contributed by atoms with Gasteiger partial charge in [-0.25, -0.2) is 0 Å². The first-order valence-electron chi connectivity index (χ1n) is 5.92. The number of phenolic OH excluding ortho intramolecular Hbond substituents is 1. The molecule has 0 saturated carbocycles. The fourth-order valence-corrected chi connectivity index (χ4v) is 1.67. The maximum absolute atomic E-state index is 11.8. The number of hydrogen-bond donors (Lipinski definition) is 3. The minimum atomic E-state index is -0.232. The molecule has 0 radical (unpaired) electrons. The molecule has 0 unspecified atom stereocenters. The Kier molecular flexibility index (Phi) is 3.97. The number of aromatic nitrogens is 1. The van der Waals surface area contributed by atoms with Crippen molar-refractivity contribution >= 4 is 11.6 Å². The minimum Gasteiger partial charge on any atom is -0.508 e. The van der Waals surface area contributed by atoms with Gasteiger partial charge in [0.1, 0.15) is 5.75 Å². The van der Waals surface area contributed by atoms with Gasteiger partial charge in [0.25, 0.3) is 5.91 Å². The number of anilines is 1. The third kappa shape index (κ3) is 3.45. The van der Waals surface area contributed by atoms with Crippen LogP contribution in [0, 0.1) is 0 Å². The molecule has 4 N–H and O–H groups in total. The first-order chi connectivity index (χ1) is 9.16. The summed E-state index contributed by atoms with van der Waals surface area (Å²) in [5.41, 5.74) is 7.53. The van der Waals surface area contributed by atoms with E-state index in [2.05, 4.69) is 10.3 Å². The number of carbonyl (C=O) groups is 1. The highest BCUT2D eigenvalue weighted by atomic mass is 16.3. The summed E-state index contributed by atoms with van der Waals surface area (Å²) in [6.07, 6.45) is 3.68. The molecule has 0 aliphatic heterocycles. The number of nitrogens with zero attached hydrogens (tertiary/aromatic N) is 1. The van der Waals surface area contributed by atoms with E-state index in [-0.39, 0.29) is 11.7 Å². The Morgan fingerprint density at radius 3 is 2.68 bits per heavy atom. The number of rotatable bonds is 4. The number of amides is 1. The van der Waals surface area contributed by atoms with Crippen molar-refractivity contribution in [2.45, 2.75) is 6.42 Å². The molecule has 0 saturated heterocycles. The smallest absolute Gasteiger partial charge is 0.254 e. The molecule has 19 heavy (non-hydrogen) atoms. The molecule has 1 amide bonds.